The number of aromatic nitrogens is 1. The quantitative estimate of drug-likeness (QED) is 0.788. The van der Waals surface area contributed by atoms with E-state index >= 15 is 0 Å². The van der Waals surface area contributed by atoms with E-state index in [4.69, 9.17) is 4.74 Å². The topological polar surface area (TPSA) is 63.6 Å². The van der Waals surface area contributed by atoms with Gasteiger partial charge in [-0.05, 0) is 35.7 Å². The molecule has 2 aromatic rings. The molecule has 0 spiro atoms. The van der Waals surface area contributed by atoms with Crippen LogP contribution in [-0.4, -0.2) is 50.7 Å². The number of hydrogen-bond acceptors (Lipinski definition) is 4. The Balaban J connectivity index is 1.76. The number of aryl methyl sites for hydroxylation is 1. The van der Waals surface area contributed by atoms with Crippen LogP contribution >= 0.6 is 0 Å². The first-order chi connectivity index (χ1) is 12.9. The molecule has 0 bridgehead atoms. The molecule has 1 fully saturated rings. The fraction of sp³-hybridized carbons (Fsp3) is 0.500. The van der Waals surface area contributed by atoms with Gasteiger partial charge in [-0.2, -0.15) is 0 Å². The molecule has 0 amide bonds. The molecule has 1 aliphatic heterocycles. The number of nitrogens with one attached hydrogen (secondary N) is 1. The summed E-state index contributed by atoms with van der Waals surface area (Å²) in [5.41, 5.74) is 2.22. The van der Waals surface area contributed by atoms with Crippen molar-refractivity contribution in [2.75, 3.05) is 32.8 Å². The van der Waals surface area contributed by atoms with Crippen LogP contribution < -0.4 is 4.72 Å². The van der Waals surface area contributed by atoms with Crippen molar-refractivity contribution in [3.63, 3.8) is 0 Å². The molecular formula is C20H29N3O3S. The summed E-state index contributed by atoms with van der Waals surface area (Å²) in [5, 5.41) is 0. The lowest BCUT2D eigenvalue weighted by molar-refractivity contribution is 0.0158. The first-order valence-electron chi connectivity index (χ1n) is 9.41. The molecule has 0 radical (unpaired) electrons. The molecule has 0 saturated carbocycles. The van der Waals surface area contributed by atoms with Crippen molar-refractivity contribution in [1.82, 2.24) is 14.2 Å². The molecular weight excluding hydrogens is 362 g/mol. The van der Waals surface area contributed by atoms with Gasteiger partial charge in [0.05, 0.1) is 24.2 Å². The molecule has 1 saturated heterocycles. The van der Waals surface area contributed by atoms with Gasteiger partial charge in [-0.25, -0.2) is 13.1 Å². The number of ether oxygens (including phenoxy) is 1. The Bertz CT molecular complexity index is 838. The molecule has 3 rings (SSSR count). The van der Waals surface area contributed by atoms with Gasteiger partial charge in [-0.1, -0.05) is 26.0 Å². The van der Waals surface area contributed by atoms with E-state index in [9.17, 15) is 8.42 Å². The van der Waals surface area contributed by atoms with Crippen molar-refractivity contribution in [1.29, 1.82) is 0 Å². The van der Waals surface area contributed by atoms with Crippen molar-refractivity contribution in [2.24, 2.45) is 7.05 Å². The Hall–Kier alpha value is -1.67. The molecule has 2 heterocycles. The molecule has 1 atom stereocenters. The second-order valence-electron chi connectivity index (χ2n) is 7.28. The summed E-state index contributed by atoms with van der Waals surface area (Å²) in [6.07, 6.45) is 1.99. The van der Waals surface area contributed by atoms with Crippen LogP contribution in [0.1, 0.15) is 37.1 Å². The van der Waals surface area contributed by atoms with Crippen LogP contribution in [0.4, 0.5) is 0 Å². The molecule has 1 aromatic carbocycles. The fourth-order valence-corrected chi connectivity index (χ4v) is 4.47. The van der Waals surface area contributed by atoms with Gasteiger partial charge in [0.15, 0.2) is 0 Å². The monoisotopic (exact) mass is 391 g/mol. The molecule has 7 heteroatoms. The molecule has 1 aromatic heterocycles. The summed E-state index contributed by atoms with van der Waals surface area (Å²) in [7, 11) is -1.57. The summed E-state index contributed by atoms with van der Waals surface area (Å²) >= 11 is 0. The molecule has 27 heavy (non-hydrogen) atoms. The number of rotatable bonds is 7. The Labute approximate surface area is 162 Å². The van der Waals surface area contributed by atoms with Gasteiger partial charge in [0.2, 0.25) is 10.0 Å². The van der Waals surface area contributed by atoms with Crippen molar-refractivity contribution < 1.29 is 13.2 Å². The third-order valence-electron chi connectivity index (χ3n) is 5.14. The first-order valence-corrected chi connectivity index (χ1v) is 10.9. The van der Waals surface area contributed by atoms with Gasteiger partial charge < -0.3 is 9.30 Å². The first kappa shape index (κ1) is 20.1. The van der Waals surface area contributed by atoms with E-state index in [1.165, 1.54) is 0 Å². The lowest BCUT2D eigenvalue weighted by atomic mass is 10.0. The second-order valence-corrected chi connectivity index (χ2v) is 9.05. The average Bonchev–Trinajstić information content (AvgIpc) is 3.08. The van der Waals surface area contributed by atoms with Gasteiger partial charge in [-0.3, -0.25) is 4.90 Å². The van der Waals surface area contributed by atoms with Gasteiger partial charge in [0.1, 0.15) is 0 Å². The van der Waals surface area contributed by atoms with Crippen LogP contribution in [0.15, 0.2) is 47.5 Å². The highest BCUT2D eigenvalue weighted by molar-refractivity contribution is 7.89. The summed E-state index contributed by atoms with van der Waals surface area (Å²) in [6, 6.07) is 11.1. The van der Waals surface area contributed by atoms with Crippen molar-refractivity contribution in [2.45, 2.75) is 30.7 Å². The Morgan fingerprint density at radius 3 is 2.33 bits per heavy atom. The van der Waals surface area contributed by atoms with Crippen LogP contribution in [0.5, 0.6) is 0 Å². The van der Waals surface area contributed by atoms with Crippen LogP contribution in [0, 0.1) is 0 Å². The number of benzene rings is 1. The molecule has 148 valence electrons. The minimum atomic E-state index is -3.56. The number of nitrogens with zero attached hydrogens (tertiary/aromatic N) is 2. The molecule has 1 unspecified atom stereocenters. The minimum absolute atomic E-state index is 0.0291. The van der Waals surface area contributed by atoms with Gasteiger partial charge in [0.25, 0.3) is 0 Å². The summed E-state index contributed by atoms with van der Waals surface area (Å²) in [4.78, 5) is 2.59. The maximum Gasteiger partial charge on any atom is 0.240 e. The zero-order valence-electron chi connectivity index (χ0n) is 16.3. The van der Waals surface area contributed by atoms with Gasteiger partial charge in [0, 0.05) is 38.6 Å². The lowest BCUT2D eigenvalue weighted by Gasteiger charge is -2.34. The Kier molecular flexibility index (Phi) is 6.37. The average molecular weight is 392 g/mol. The SMILES string of the molecule is CC(C)c1ccc(S(=O)(=O)NCC(c2cccn2C)N2CCOCC2)cc1. The predicted molar refractivity (Wildman–Crippen MR) is 106 cm³/mol. The summed E-state index contributed by atoms with van der Waals surface area (Å²) in [5.74, 6) is 0.373. The van der Waals surface area contributed by atoms with Crippen LogP contribution in [0.3, 0.4) is 0 Å². The van der Waals surface area contributed by atoms with Crippen molar-refractivity contribution in [3.05, 3.63) is 53.9 Å². The standard InChI is InChI=1S/C20H29N3O3S/c1-16(2)17-6-8-18(9-7-17)27(24,25)21-15-20(19-5-4-10-22(19)3)23-11-13-26-14-12-23/h4-10,16,20-21H,11-15H2,1-3H3. The van der Waals surface area contributed by atoms with Crippen LogP contribution in [0.25, 0.3) is 0 Å². The molecule has 1 N–H and O–H groups in total. The third kappa shape index (κ3) is 4.79. The molecule has 0 aliphatic carbocycles. The Morgan fingerprint density at radius 2 is 1.78 bits per heavy atom. The molecule has 1 aliphatic rings. The second kappa shape index (κ2) is 8.56. The van der Waals surface area contributed by atoms with E-state index in [-0.39, 0.29) is 6.04 Å². The number of hydrogen-bond donors (Lipinski definition) is 1. The zero-order valence-corrected chi connectivity index (χ0v) is 17.1. The van der Waals surface area contributed by atoms with E-state index in [0.29, 0.717) is 30.6 Å². The van der Waals surface area contributed by atoms with E-state index < -0.39 is 10.0 Å². The van der Waals surface area contributed by atoms with Gasteiger partial charge in [-0.15, -0.1) is 0 Å². The maximum absolute atomic E-state index is 12.8. The van der Waals surface area contributed by atoms with E-state index in [0.717, 1.165) is 24.3 Å². The fourth-order valence-electron chi connectivity index (χ4n) is 3.43. The highest BCUT2D eigenvalue weighted by Crippen LogP contribution is 2.23. The maximum atomic E-state index is 12.8. The number of morpholine rings is 1. The minimum Gasteiger partial charge on any atom is -0.379 e. The Morgan fingerprint density at radius 1 is 1.11 bits per heavy atom. The van der Waals surface area contributed by atoms with Gasteiger partial charge >= 0.3 is 0 Å². The number of sulfonamides is 1. The predicted octanol–water partition coefficient (Wildman–Crippen LogP) is 2.50. The van der Waals surface area contributed by atoms with Crippen molar-refractivity contribution >= 4 is 10.0 Å². The smallest absolute Gasteiger partial charge is 0.240 e. The van der Waals surface area contributed by atoms with E-state index in [1.807, 2.05) is 42.1 Å². The largest absolute Gasteiger partial charge is 0.379 e. The highest BCUT2D eigenvalue weighted by atomic mass is 32.2. The normalized spacial score (nSPS) is 17.3. The van der Waals surface area contributed by atoms with E-state index in [2.05, 4.69) is 23.5 Å². The highest BCUT2D eigenvalue weighted by Gasteiger charge is 2.26. The van der Waals surface area contributed by atoms with Crippen LogP contribution in [-0.2, 0) is 21.8 Å². The lowest BCUT2D eigenvalue weighted by Crippen LogP contribution is -2.44. The van der Waals surface area contributed by atoms with Crippen LogP contribution in [0.2, 0.25) is 0 Å². The molecule has 6 nitrogen and oxygen atoms in total. The third-order valence-corrected chi connectivity index (χ3v) is 6.58. The van der Waals surface area contributed by atoms with E-state index in [1.54, 1.807) is 12.1 Å². The summed E-state index contributed by atoms with van der Waals surface area (Å²) in [6.45, 7) is 7.44. The summed E-state index contributed by atoms with van der Waals surface area (Å²) < 4.78 is 35.9. The zero-order chi connectivity index (χ0) is 19.4. The van der Waals surface area contributed by atoms with Crippen molar-refractivity contribution in [3.8, 4) is 0 Å².